The molecule has 0 amide bonds. The fraction of sp³-hybridized carbons (Fsp3) is 0.429. The molecule has 0 spiro atoms. The minimum atomic E-state index is 0.0139. The minimum Gasteiger partial charge on any atom is -0.400 e. The lowest BCUT2D eigenvalue weighted by molar-refractivity contribution is 0.430. The van der Waals surface area contributed by atoms with E-state index in [0.717, 1.165) is 29.9 Å². The SMILES string of the molecule is NC1=C(Nc2ccccc2Cl)C(N)C2CCC1C2. The first-order chi connectivity index (χ1) is 8.66. The van der Waals surface area contributed by atoms with Gasteiger partial charge < -0.3 is 16.8 Å². The van der Waals surface area contributed by atoms with Gasteiger partial charge in [0.1, 0.15) is 0 Å². The van der Waals surface area contributed by atoms with Gasteiger partial charge in [0.15, 0.2) is 0 Å². The average molecular weight is 264 g/mol. The highest BCUT2D eigenvalue weighted by atomic mass is 35.5. The van der Waals surface area contributed by atoms with Gasteiger partial charge in [0.2, 0.25) is 0 Å². The lowest BCUT2D eigenvalue weighted by atomic mass is 9.86. The Morgan fingerprint density at radius 3 is 2.78 bits per heavy atom. The van der Waals surface area contributed by atoms with Crippen molar-refractivity contribution in [3.63, 3.8) is 0 Å². The van der Waals surface area contributed by atoms with Crippen LogP contribution in [-0.2, 0) is 0 Å². The normalized spacial score (nSPS) is 30.7. The average Bonchev–Trinajstić information content (AvgIpc) is 2.81. The van der Waals surface area contributed by atoms with Crippen molar-refractivity contribution in [1.29, 1.82) is 0 Å². The molecule has 3 unspecified atom stereocenters. The number of nitrogens with two attached hydrogens (primary N) is 2. The summed E-state index contributed by atoms with van der Waals surface area (Å²) in [6.07, 6.45) is 3.48. The van der Waals surface area contributed by atoms with Gasteiger partial charge >= 0.3 is 0 Å². The standard InChI is InChI=1S/C14H18ClN3/c15-10-3-1-2-4-11(10)18-14-12(16)8-5-6-9(7-8)13(14)17/h1-4,8-9,12,18H,5-7,16-17H2. The summed E-state index contributed by atoms with van der Waals surface area (Å²) in [5.74, 6) is 1.06. The van der Waals surface area contributed by atoms with Crippen LogP contribution in [0.15, 0.2) is 35.7 Å². The second-order valence-corrected chi connectivity index (χ2v) is 5.68. The van der Waals surface area contributed by atoms with Crippen molar-refractivity contribution in [2.75, 3.05) is 5.32 Å². The molecule has 3 atom stereocenters. The van der Waals surface area contributed by atoms with Crippen molar-refractivity contribution in [3.8, 4) is 0 Å². The number of para-hydroxylation sites is 1. The maximum Gasteiger partial charge on any atom is 0.0640 e. The molecule has 1 aromatic rings. The number of nitrogens with one attached hydrogen (secondary N) is 1. The number of hydrogen-bond acceptors (Lipinski definition) is 3. The molecule has 2 aliphatic rings. The lowest BCUT2D eigenvalue weighted by Gasteiger charge is -2.31. The molecule has 1 fully saturated rings. The molecule has 1 aromatic carbocycles. The van der Waals surface area contributed by atoms with E-state index in [2.05, 4.69) is 5.32 Å². The molecule has 0 radical (unpaired) electrons. The Bertz CT molecular complexity index is 498. The Labute approximate surface area is 112 Å². The summed E-state index contributed by atoms with van der Waals surface area (Å²) >= 11 is 6.16. The number of halogens is 1. The summed E-state index contributed by atoms with van der Waals surface area (Å²) in [7, 11) is 0. The number of anilines is 1. The number of allylic oxidation sites excluding steroid dienone is 1. The maximum atomic E-state index is 6.31. The molecule has 0 saturated heterocycles. The van der Waals surface area contributed by atoms with E-state index < -0.39 is 0 Å². The van der Waals surface area contributed by atoms with Gasteiger partial charge in [0.25, 0.3) is 0 Å². The Balaban J connectivity index is 1.92. The highest BCUT2D eigenvalue weighted by Crippen LogP contribution is 2.43. The first kappa shape index (κ1) is 11.9. The van der Waals surface area contributed by atoms with Crippen molar-refractivity contribution < 1.29 is 0 Å². The van der Waals surface area contributed by atoms with E-state index in [0.29, 0.717) is 16.9 Å². The zero-order valence-corrected chi connectivity index (χ0v) is 11.0. The highest BCUT2D eigenvalue weighted by Gasteiger charge is 2.38. The van der Waals surface area contributed by atoms with E-state index in [1.54, 1.807) is 0 Å². The number of hydrogen-bond donors (Lipinski definition) is 3. The molecular weight excluding hydrogens is 246 g/mol. The third-order valence-corrected chi connectivity index (χ3v) is 4.54. The topological polar surface area (TPSA) is 64.1 Å². The largest absolute Gasteiger partial charge is 0.400 e. The first-order valence-electron chi connectivity index (χ1n) is 6.43. The quantitative estimate of drug-likeness (QED) is 0.769. The highest BCUT2D eigenvalue weighted by molar-refractivity contribution is 6.33. The zero-order chi connectivity index (χ0) is 12.7. The van der Waals surface area contributed by atoms with Crippen molar-refractivity contribution in [3.05, 3.63) is 40.7 Å². The van der Waals surface area contributed by atoms with Crippen molar-refractivity contribution >= 4 is 17.3 Å². The van der Waals surface area contributed by atoms with E-state index in [1.807, 2.05) is 24.3 Å². The van der Waals surface area contributed by atoms with Gasteiger partial charge in [-0.1, -0.05) is 23.7 Å². The molecule has 0 aliphatic heterocycles. The zero-order valence-electron chi connectivity index (χ0n) is 10.2. The summed E-state index contributed by atoms with van der Waals surface area (Å²) in [6.45, 7) is 0. The van der Waals surface area contributed by atoms with Gasteiger partial charge in [-0.05, 0) is 37.3 Å². The van der Waals surface area contributed by atoms with Crippen LogP contribution in [0.4, 0.5) is 5.69 Å². The van der Waals surface area contributed by atoms with Crippen LogP contribution in [0, 0.1) is 11.8 Å². The minimum absolute atomic E-state index is 0.0139. The monoisotopic (exact) mass is 263 g/mol. The van der Waals surface area contributed by atoms with E-state index in [4.69, 9.17) is 23.1 Å². The van der Waals surface area contributed by atoms with Crippen LogP contribution < -0.4 is 16.8 Å². The Kier molecular flexibility index (Phi) is 2.96. The molecule has 5 N–H and O–H groups in total. The van der Waals surface area contributed by atoms with Gasteiger partial charge in [-0.3, -0.25) is 0 Å². The van der Waals surface area contributed by atoms with Crippen LogP contribution in [0.25, 0.3) is 0 Å². The fourth-order valence-corrected chi connectivity index (χ4v) is 3.32. The van der Waals surface area contributed by atoms with Gasteiger partial charge in [-0.2, -0.15) is 0 Å². The summed E-state index contributed by atoms with van der Waals surface area (Å²) in [5.41, 5.74) is 15.3. The number of rotatable bonds is 2. The van der Waals surface area contributed by atoms with Gasteiger partial charge in [-0.15, -0.1) is 0 Å². The molecule has 3 rings (SSSR count). The summed E-state index contributed by atoms with van der Waals surface area (Å²) in [4.78, 5) is 0. The number of fused-ring (bicyclic) bond motifs is 2. The van der Waals surface area contributed by atoms with Gasteiger partial charge in [0, 0.05) is 17.7 Å². The van der Waals surface area contributed by atoms with Crippen molar-refractivity contribution in [2.45, 2.75) is 25.3 Å². The second kappa shape index (κ2) is 4.48. The molecule has 4 heteroatoms. The summed E-state index contributed by atoms with van der Waals surface area (Å²) < 4.78 is 0. The molecule has 1 saturated carbocycles. The molecule has 3 nitrogen and oxygen atoms in total. The van der Waals surface area contributed by atoms with Crippen LogP contribution >= 0.6 is 11.6 Å². The molecule has 0 aromatic heterocycles. The molecule has 2 bridgehead atoms. The van der Waals surface area contributed by atoms with E-state index in [9.17, 15) is 0 Å². The van der Waals surface area contributed by atoms with Crippen LogP contribution in [0.3, 0.4) is 0 Å². The maximum absolute atomic E-state index is 6.31. The van der Waals surface area contributed by atoms with Crippen LogP contribution in [0.5, 0.6) is 0 Å². The number of benzene rings is 1. The summed E-state index contributed by atoms with van der Waals surface area (Å²) in [5, 5.41) is 4.04. The third kappa shape index (κ3) is 1.88. The van der Waals surface area contributed by atoms with Crippen LogP contribution in [0.2, 0.25) is 5.02 Å². The van der Waals surface area contributed by atoms with Crippen LogP contribution in [-0.4, -0.2) is 6.04 Å². The second-order valence-electron chi connectivity index (χ2n) is 5.27. The lowest BCUT2D eigenvalue weighted by Crippen LogP contribution is -2.39. The van der Waals surface area contributed by atoms with E-state index in [1.165, 1.54) is 6.42 Å². The molecular formula is C14H18ClN3. The van der Waals surface area contributed by atoms with Gasteiger partial charge in [-0.25, -0.2) is 0 Å². The molecule has 18 heavy (non-hydrogen) atoms. The Hall–Kier alpha value is -1.19. The van der Waals surface area contributed by atoms with E-state index >= 15 is 0 Å². The third-order valence-electron chi connectivity index (χ3n) is 4.21. The van der Waals surface area contributed by atoms with E-state index in [-0.39, 0.29) is 6.04 Å². The Morgan fingerprint density at radius 2 is 2.00 bits per heavy atom. The molecule has 2 aliphatic carbocycles. The molecule has 0 heterocycles. The van der Waals surface area contributed by atoms with Crippen molar-refractivity contribution in [1.82, 2.24) is 0 Å². The fourth-order valence-electron chi connectivity index (χ4n) is 3.14. The van der Waals surface area contributed by atoms with Crippen LogP contribution in [0.1, 0.15) is 19.3 Å². The Morgan fingerprint density at radius 1 is 1.22 bits per heavy atom. The predicted molar refractivity (Wildman–Crippen MR) is 75.1 cm³/mol. The first-order valence-corrected chi connectivity index (χ1v) is 6.81. The smallest absolute Gasteiger partial charge is 0.0640 e. The molecule has 96 valence electrons. The van der Waals surface area contributed by atoms with Gasteiger partial charge in [0.05, 0.1) is 16.4 Å². The predicted octanol–water partition coefficient (Wildman–Crippen LogP) is 2.68. The summed E-state index contributed by atoms with van der Waals surface area (Å²) in [6, 6.07) is 7.69. The van der Waals surface area contributed by atoms with Crippen molar-refractivity contribution in [2.24, 2.45) is 23.3 Å².